The summed E-state index contributed by atoms with van der Waals surface area (Å²) in [4.78, 5) is 34.4. The fourth-order valence-electron chi connectivity index (χ4n) is 1.64. The summed E-state index contributed by atoms with van der Waals surface area (Å²) >= 11 is 0. The zero-order valence-electron chi connectivity index (χ0n) is 10.6. The van der Waals surface area contributed by atoms with Crippen LogP contribution in [0, 0.1) is 11.3 Å². The summed E-state index contributed by atoms with van der Waals surface area (Å²) in [7, 11) is 0. The predicted octanol–water partition coefficient (Wildman–Crippen LogP) is 1.09. The lowest BCUT2D eigenvalue weighted by molar-refractivity contribution is -0.170. The number of esters is 2. The van der Waals surface area contributed by atoms with Gasteiger partial charge in [-0.1, -0.05) is 0 Å². The first-order chi connectivity index (χ1) is 7.84. The lowest BCUT2D eigenvalue weighted by atomic mass is 10.0. The summed E-state index contributed by atoms with van der Waals surface area (Å²) < 4.78 is 10.0. The topological polar surface area (TPSA) is 69.7 Å². The number of rotatable bonds is 5. The van der Waals surface area contributed by atoms with Crippen LogP contribution in [0.2, 0.25) is 0 Å². The molecule has 0 radical (unpaired) electrons. The summed E-state index contributed by atoms with van der Waals surface area (Å²) in [6, 6.07) is 0. The van der Waals surface area contributed by atoms with Crippen molar-refractivity contribution in [3.63, 3.8) is 0 Å². The van der Waals surface area contributed by atoms with Crippen molar-refractivity contribution in [2.24, 2.45) is 11.3 Å². The highest BCUT2D eigenvalue weighted by Crippen LogP contribution is 2.53. The third-order valence-corrected chi connectivity index (χ3v) is 2.59. The second-order valence-electron chi connectivity index (χ2n) is 4.83. The summed E-state index contributed by atoms with van der Waals surface area (Å²) in [5, 5.41) is 0. The molecule has 5 nitrogen and oxygen atoms in total. The molecule has 96 valence electrons. The Hall–Kier alpha value is -1.39. The Morgan fingerprint density at radius 3 is 1.76 bits per heavy atom. The van der Waals surface area contributed by atoms with Gasteiger partial charge in [-0.15, -0.1) is 0 Å². The van der Waals surface area contributed by atoms with Crippen molar-refractivity contribution < 1.29 is 23.9 Å². The van der Waals surface area contributed by atoms with Gasteiger partial charge in [-0.3, -0.25) is 9.59 Å². The molecular formula is C12H18O5. The van der Waals surface area contributed by atoms with Crippen molar-refractivity contribution in [3.8, 4) is 0 Å². The van der Waals surface area contributed by atoms with Crippen molar-refractivity contribution in [3.05, 3.63) is 0 Å². The quantitative estimate of drug-likeness (QED) is 0.410. The number of carbonyl (C=O) groups excluding carboxylic acids is 3. The van der Waals surface area contributed by atoms with Gasteiger partial charge in [0.15, 0.2) is 5.41 Å². The highest BCUT2D eigenvalue weighted by atomic mass is 16.6. The third-order valence-electron chi connectivity index (χ3n) is 2.59. The van der Waals surface area contributed by atoms with Gasteiger partial charge < -0.3 is 14.3 Å². The Balaban J connectivity index is 2.81. The van der Waals surface area contributed by atoms with E-state index in [0.29, 0.717) is 6.29 Å². The molecule has 1 aliphatic rings. The zero-order chi connectivity index (χ0) is 13.2. The highest BCUT2D eigenvalue weighted by molar-refractivity contribution is 6.07. The van der Waals surface area contributed by atoms with Crippen LogP contribution in [0.25, 0.3) is 0 Å². The van der Waals surface area contributed by atoms with Crippen molar-refractivity contribution in [2.45, 2.75) is 46.3 Å². The molecule has 1 rings (SSSR count). The minimum atomic E-state index is -1.39. The van der Waals surface area contributed by atoms with Crippen molar-refractivity contribution in [1.82, 2.24) is 0 Å². The molecule has 5 heteroatoms. The summed E-state index contributed by atoms with van der Waals surface area (Å²) in [6.45, 7) is 6.77. The van der Waals surface area contributed by atoms with Gasteiger partial charge in [-0.05, 0) is 34.1 Å². The van der Waals surface area contributed by atoms with Crippen LogP contribution in [0.1, 0.15) is 34.1 Å². The third kappa shape index (κ3) is 2.65. The number of aldehydes is 1. The first kappa shape index (κ1) is 13.7. The molecule has 1 aliphatic carbocycles. The molecule has 1 saturated carbocycles. The summed E-state index contributed by atoms with van der Waals surface area (Å²) in [5.41, 5.74) is -1.39. The van der Waals surface area contributed by atoms with Crippen LogP contribution >= 0.6 is 0 Å². The van der Waals surface area contributed by atoms with E-state index in [4.69, 9.17) is 9.47 Å². The first-order valence-corrected chi connectivity index (χ1v) is 5.72. The Bertz CT molecular complexity index is 310. The molecule has 0 aliphatic heterocycles. The van der Waals surface area contributed by atoms with Crippen LogP contribution < -0.4 is 0 Å². The van der Waals surface area contributed by atoms with Crippen LogP contribution in [0.5, 0.6) is 0 Å². The van der Waals surface area contributed by atoms with Crippen LogP contribution in [0.4, 0.5) is 0 Å². The Morgan fingerprint density at radius 2 is 1.53 bits per heavy atom. The van der Waals surface area contributed by atoms with E-state index in [1.807, 2.05) is 0 Å². The molecule has 0 saturated heterocycles. The lowest BCUT2D eigenvalue weighted by Crippen LogP contribution is -2.34. The van der Waals surface area contributed by atoms with Crippen LogP contribution in [0.3, 0.4) is 0 Å². The maximum absolute atomic E-state index is 11.8. The fraction of sp³-hybridized carbons (Fsp3) is 0.750. The normalized spacial score (nSPS) is 21.2. The van der Waals surface area contributed by atoms with E-state index in [9.17, 15) is 14.4 Å². The van der Waals surface area contributed by atoms with Gasteiger partial charge in [0.25, 0.3) is 0 Å². The van der Waals surface area contributed by atoms with E-state index < -0.39 is 23.3 Å². The Morgan fingerprint density at radius 1 is 1.12 bits per heavy atom. The minimum Gasteiger partial charge on any atom is -0.462 e. The molecule has 0 aromatic carbocycles. The molecule has 0 heterocycles. The average molecular weight is 242 g/mol. The van der Waals surface area contributed by atoms with Gasteiger partial charge in [-0.25, -0.2) is 0 Å². The van der Waals surface area contributed by atoms with Crippen molar-refractivity contribution >= 4 is 18.2 Å². The second kappa shape index (κ2) is 4.85. The molecule has 0 bridgehead atoms. The van der Waals surface area contributed by atoms with E-state index in [2.05, 4.69) is 0 Å². The van der Waals surface area contributed by atoms with Gasteiger partial charge in [-0.2, -0.15) is 0 Å². The van der Waals surface area contributed by atoms with Crippen molar-refractivity contribution in [1.29, 1.82) is 0 Å². The van der Waals surface area contributed by atoms with E-state index in [-0.39, 0.29) is 18.6 Å². The van der Waals surface area contributed by atoms with Gasteiger partial charge in [0.2, 0.25) is 0 Å². The van der Waals surface area contributed by atoms with Crippen LogP contribution in [0.15, 0.2) is 0 Å². The number of hydrogen-bond donors (Lipinski definition) is 0. The molecule has 17 heavy (non-hydrogen) atoms. The second-order valence-corrected chi connectivity index (χ2v) is 4.83. The first-order valence-electron chi connectivity index (χ1n) is 5.72. The highest BCUT2D eigenvalue weighted by Gasteiger charge is 2.68. The molecule has 1 atom stereocenters. The smallest absolute Gasteiger partial charge is 0.324 e. The molecule has 0 amide bonds. The lowest BCUT2D eigenvalue weighted by Gasteiger charge is -2.17. The predicted molar refractivity (Wildman–Crippen MR) is 59.1 cm³/mol. The number of hydrogen-bond acceptors (Lipinski definition) is 5. The average Bonchev–Trinajstić information content (AvgIpc) is 2.90. The van der Waals surface area contributed by atoms with Gasteiger partial charge in [0.05, 0.1) is 12.2 Å². The van der Waals surface area contributed by atoms with E-state index in [1.165, 1.54) is 0 Å². The van der Waals surface area contributed by atoms with Crippen LogP contribution in [-0.4, -0.2) is 30.4 Å². The Labute approximate surface area is 100 Å². The molecular weight excluding hydrogens is 224 g/mol. The molecule has 1 fully saturated rings. The minimum absolute atomic E-state index is 0.188. The standard InChI is InChI=1S/C12H18O5/c1-7(2)16-10(14)12(5-9(12)6-13)11(15)17-8(3)4/h6-9H,5H2,1-4H3. The SMILES string of the molecule is CC(C)OC(=O)C1(C(=O)OC(C)C)CC1C=O. The molecule has 0 spiro atoms. The molecule has 0 aromatic heterocycles. The number of carbonyl (C=O) groups is 3. The van der Waals surface area contributed by atoms with Crippen LogP contribution in [-0.2, 0) is 23.9 Å². The van der Waals surface area contributed by atoms with Gasteiger partial charge >= 0.3 is 11.9 Å². The van der Waals surface area contributed by atoms with E-state index >= 15 is 0 Å². The van der Waals surface area contributed by atoms with Crippen molar-refractivity contribution in [2.75, 3.05) is 0 Å². The van der Waals surface area contributed by atoms with Gasteiger partial charge in [0, 0.05) is 5.92 Å². The summed E-state index contributed by atoms with van der Waals surface area (Å²) in [5.74, 6) is -1.93. The maximum atomic E-state index is 11.8. The van der Waals surface area contributed by atoms with Gasteiger partial charge in [0.1, 0.15) is 6.29 Å². The van der Waals surface area contributed by atoms with E-state index in [0.717, 1.165) is 0 Å². The summed E-state index contributed by atoms with van der Waals surface area (Å²) in [6.07, 6.45) is 0.162. The Kier molecular flexibility index (Phi) is 3.91. The maximum Gasteiger partial charge on any atom is 0.324 e. The zero-order valence-corrected chi connectivity index (χ0v) is 10.6. The molecule has 1 unspecified atom stereocenters. The molecule has 0 N–H and O–H groups in total. The molecule has 0 aromatic rings. The largest absolute Gasteiger partial charge is 0.462 e. The van der Waals surface area contributed by atoms with E-state index in [1.54, 1.807) is 27.7 Å². The number of ether oxygens (including phenoxy) is 2. The monoisotopic (exact) mass is 242 g/mol. The fourth-order valence-corrected chi connectivity index (χ4v) is 1.64.